The number of anilines is 2. The maximum atomic E-state index is 12.8. The van der Waals surface area contributed by atoms with Crippen molar-refractivity contribution in [2.75, 3.05) is 17.2 Å². The number of rotatable bonds is 4. The minimum absolute atomic E-state index is 0.0112. The number of nitrogens with one attached hydrogen (secondary N) is 2. The summed E-state index contributed by atoms with van der Waals surface area (Å²) in [6.07, 6.45) is -4.54. The van der Waals surface area contributed by atoms with Gasteiger partial charge in [-0.2, -0.15) is 13.2 Å². The second-order valence-corrected chi connectivity index (χ2v) is 4.92. The number of para-hydroxylation sites is 1. The minimum Gasteiger partial charge on any atom is -0.360 e. The van der Waals surface area contributed by atoms with Crippen molar-refractivity contribution in [3.8, 4) is 0 Å². The molecule has 0 radical (unpaired) electrons. The number of amides is 1. The molecule has 0 spiro atoms. The Labute approximate surface area is 122 Å². The van der Waals surface area contributed by atoms with Gasteiger partial charge in [-0.15, -0.1) is 10.2 Å². The van der Waals surface area contributed by atoms with Crippen molar-refractivity contribution in [1.82, 2.24) is 10.2 Å². The lowest BCUT2D eigenvalue weighted by Gasteiger charge is -2.12. The van der Waals surface area contributed by atoms with E-state index >= 15 is 0 Å². The first kappa shape index (κ1) is 15.2. The van der Waals surface area contributed by atoms with Crippen LogP contribution in [0.3, 0.4) is 0 Å². The lowest BCUT2D eigenvalue weighted by molar-refractivity contribution is -0.136. The van der Waals surface area contributed by atoms with Gasteiger partial charge in [-0.3, -0.25) is 4.79 Å². The highest BCUT2D eigenvalue weighted by Gasteiger charge is 2.33. The fourth-order valence-electron chi connectivity index (χ4n) is 1.55. The summed E-state index contributed by atoms with van der Waals surface area (Å²) in [4.78, 5) is 11.9. The van der Waals surface area contributed by atoms with E-state index in [1.165, 1.54) is 18.2 Å². The number of carbonyl (C=O) groups is 1. The van der Waals surface area contributed by atoms with Crippen LogP contribution < -0.4 is 10.6 Å². The van der Waals surface area contributed by atoms with E-state index in [1.54, 1.807) is 0 Å². The van der Waals surface area contributed by atoms with Crippen LogP contribution >= 0.6 is 11.3 Å². The average Bonchev–Trinajstić information content (AvgIpc) is 2.87. The predicted octanol–water partition coefficient (Wildman–Crippen LogP) is 3.24. The van der Waals surface area contributed by atoms with Gasteiger partial charge in [-0.1, -0.05) is 23.5 Å². The molecule has 2 N–H and O–H groups in total. The number of hydrogen-bond donors (Lipinski definition) is 2. The number of nitrogens with zero attached hydrogens (tertiary/aromatic N) is 2. The Morgan fingerprint density at radius 3 is 2.67 bits per heavy atom. The molecule has 0 bridgehead atoms. The van der Waals surface area contributed by atoms with E-state index in [2.05, 4.69) is 20.8 Å². The molecule has 2 rings (SSSR count). The van der Waals surface area contributed by atoms with Crippen molar-refractivity contribution in [2.24, 2.45) is 0 Å². The zero-order chi connectivity index (χ0) is 15.5. The van der Waals surface area contributed by atoms with Gasteiger partial charge in [0.05, 0.1) is 11.3 Å². The zero-order valence-corrected chi connectivity index (χ0v) is 11.7. The van der Waals surface area contributed by atoms with Gasteiger partial charge in [0.15, 0.2) is 0 Å². The zero-order valence-electron chi connectivity index (χ0n) is 10.9. The molecular formula is C12H11F3N4OS. The van der Waals surface area contributed by atoms with E-state index in [0.29, 0.717) is 11.7 Å². The molecule has 0 aliphatic rings. The molecule has 0 saturated heterocycles. The van der Waals surface area contributed by atoms with Crippen molar-refractivity contribution < 1.29 is 18.0 Å². The van der Waals surface area contributed by atoms with Crippen molar-refractivity contribution in [3.05, 3.63) is 34.8 Å². The normalized spacial score (nSPS) is 11.2. The van der Waals surface area contributed by atoms with E-state index in [0.717, 1.165) is 17.4 Å². The van der Waals surface area contributed by atoms with E-state index in [1.807, 2.05) is 6.92 Å². The monoisotopic (exact) mass is 316 g/mol. The molecule has 9 heteroatoms. The first-order valence-electron chi connectivity index (χ1n) is 5.96. The topological polar surface area (TPSA) is 66.9 Å². The van der Waals surface area contributed by atoms with Crippen LogP contribution in [0.4, 0.5) is 24.0 Å². The molecule has 0 aliphatic carbocycles. The molecule has 21 heavy (non-hydrogen) atoms. The van der Waals surface area contributed by atoms with Gasteiger partial charge < -0.3 is 10.6 Å². The third-order valence-corrected chi connectivity index (χ3v) is 3.31. The van der Waals surface area contributed by atoms with Crippen molar-refractivity contribution >= 4 is 28.1 Å². The molecule has 5 nitrogen and oxygen atoms in total. The molecule has 1 heterocycles. The lowest BCUT2D eigenvalue weighted by Crippen LogP contribution is -2.16. The molecule has 1 amide bonds. The fraction of sp³-hybridized carbons (Fsp3) is 0.250. The Kier molecular flexibility index (Phi) is 4.41. The van der Waals surface area contributed by atoms with Gasteiger partial charge in [0.25, 0.3) is 5.91 Å². The summed E-state index contributed by atoms with van der Waals surface area (Å²) in [5, 5.41) is 12.9. The molecule has 2 aromatic rings. The maximum Gasteiger partial charge on any atom is 0.418 e. The Balaban J connectivity index is 2.19. The first-order chi connectivity index (χ1) is 9.91. The highest BCUT2D eigenvalue weighted by Crippen LogP contribution is 2.34. The lowest BCUT2D eigenvalue weighted by atomic mass is 10.1. The highest BCUT2D eigenvalue weighted by atomic mass is 32.1. The Morgan fingerprint density at radius 1 is 1.29 bits per heavy atom. The Hall–Kier alpha value is -2.16. The van der Waals surface area contributed by atoms with Crippen LogP contribution in [0, 0.1) is 0 Å². The Bertz CT molecular complexity index is 641. The van der Waals surface area contributed by atoms with Crippen LogP contribution in [0.1, 0.15) is 22.3 Å². The van der Waals surface area contributed by atoms with Gasteiger partial charge in [0.1, 0.15) is 0 Å². The second kappa shape index (κ2) is 6.08. The van der Waals surface area contributed by atoms with Gasteiger partial charge in [0.2, 0.25) is 10.1 Å². The standard InChI is InChI=1S/C12H11F3N4OS/c1-2-16-11-19-18-10(21-11)9(20)17-8-6-4-3-5-7(8)12(13,14)15/h3-6H,2H2,1H3,(H,16,19)(H,17,20). The highest BCUT2D eigenvalue weighted by molar-refractivity contribution is 7.17. The number of halogens is 3. The summed E-state index contributed by atoms with van der Waals surface area (Å²) in [5.41, 5.74) is -1.22. The summed E-state index contributed by atoms with van der Waals surface area (Å²) < 4.78 is 38.5. The summed E-state index contributed by atoms with van der Waals surface area (Å²) in [5.74, 6) is -0.728. The number of carbonyl (C=O) groups excluding carboxylic acids is 1. The van der Waals surface area contributed by atoms with Crippen molar-refractivity contribution in [1.29, 1.82) is 0 Å². The quantitative estimate of drug-likeness (QED) is 0.909. The molecule has 0 fully saturated rings. The SMILES string of the molecule is CCNc1nnc(C(=O)Nc2ccccc2C(F)(F)F)s1. The minimum atomic E-state index is -4.54. The first-order valence-corrected chi connectivity index (χ1v) is 6.78. The summed E-state index contributed by atoms with van der Waals surface area (Å²) in [6.45, 7) is 2.45. The van der Waals surface area contributed by atoms with Crippen LogP contribution in [-0.2, 0) is 6.18 Å². The van der Waals surface area contributed by atoms with Gasteiger partial charge in [-0.25, -0.2) is 0 Å². The van der Waals surface area contributed by atoms with Gasteiger partial charge >= 0.3 is 6.18 Å². The van der Waals surface area contributed by atoms with Gasteiger partial charge in [0, 0.05) is 6.54 Å². The third-order valence-electron chi connectivity index (χ3n) is 2.43. The predicted molar refractivity (Wildman–Crippen MR) is 73.5 cm³/mol. The fourth-order valence-corrected chi connectivity index (χ4v) is 2.26. The van der Waals surface area contributed by atoms with Crippen molar-refractivity contribution in [2.45, 2.75) is 13.1 Å². The molecule has 0 saturated carbocycles. The molecule has 0 unspecified atom stereocenters. The number of alkyl halides is 3. The van der Waals surface area contributed by atoms with Crippen LogP contribution in [0.5, 0.6) is 0 Å². The third kappa shape index (κ3) is 3.69. The van der Waals surface area contributed by atoms with E-state index in [-0.39, 0.29) is 10.7 Å². The van der Waals surface area contributed by atoms with Crippen LogP contribution in [0.25, 0.3) is 0 Å². The van der Waals surface area contributed by atoms with Crippen LogP contribution in [0.15, 0.2) is 24.3 Å². The maximum absolute atomic E-state index is 12.8. The molecule has 1 aromatic carbocycles. The van der Waals surface area contributed by atoms with E-state index in [9.17, 15) is 18.0 Å². The van der Waals surface area contributed by atoms with E-state index < -0.39 is 17.6 Å². The number of hydrogen-bond acceptors (Lipinski definition) is 5. The molecular weight excluding hydrogens is 305 g/mol. The molecule has 112 valence electrons. The molecule has 0 aliphatic heterocycles. The molecule has 1 aromatic heterocycles. The molecule has 0 atom stereocenters. The Morgan fingerprint density at radius 2 is 2.00 bits per heavy atom. The summed E-state index contributed by atoms with van der Waals surface area (Å²) in [7, 11) is 0. The second-order valence-electron chi connectivity index (χ2n) is 3.94. The van der Waals surface area contributed by atoms with E-state index in [4.69, 9.17) is 0 Å². The van der Waals surface area contributed by atoms with Crippen LogP contribution in [0.2, 0.25) is 0 Å². The average molecular weight is 316 g/mol. The van der Waals surface area contributed by atoms with Crippen molar-refractivity contribution in [3.63, 3.8) is 0 Å². The summed E-state index contributed by atoms with van der Waals surface area (Å²) >= 11 is 0.972. The number of aromatic nitrogens is 2. The van der Waals surface area contributed by atoms with Crippen LogP contribution in [-0.4, -0.2) is 22.6 Å². The number of benzene rings is 1. The smallest absolute Gasteiger partial charge is 0.360 e. The van der Waals surface area contributed by atoms with Gasteiger partial charge in [-0.05, 0) is 19.1 Å². The largest absolute Gasteiger partial charge is 0.418 e. The summed E-state index contributed by atoms with van der Waals surface area (Å²) in [6, 6.07) is 4.76.